The molecular weight excluding hydrogens is 388 g/mol. The van der Waals surface area contributed by atoms with Crippen LogP contribution in [-0.4, -0.2) is 29.1 Å². The molecular formula is C21H22N4O3S. The monoisotopic (exact) mass is 410 g/mol. The molecule has 1 aromatic heterocycles. The van der Waals surface area contributed by atoms with Gasteiger partial charge < -0.3 is 15.4 Å². The van der Waals surface area contributed by atoms with Crippen molar-refractivity contribution in [2.24, 2.45) is 0 Å². The minimum Gasteiger partial charge on any atom is -0.497 e. The van der Waals surface area contributed by atoms with Crippen LogP contribution >= 0.6 is 11.3 Å². The molecule has 2 aromatic carbocycles. The Hall–Kier alpha value is -3.26. The van der Waals surface area contributed by atoms with Crippen molar-refractivity contribution >= 4 is 28.8 Å². The molecule has 29 heavy (non-hydrogen) atoms. The zero-order chi connectivity index (χ0) is 20.6. The zero-order valence-corrected chi connectivity index (χ0v) is 17.0. The summed E-state index contributed by atoms with van der Waals surface area (Å²) in [7, 11) is 1.58. The van der Waals surface area contributed by atoms with Gasteiger partial charge in [-0.15, -0.1) is 10.2 Å². The third kappa shape index (κ3) is 5.86. The van der Waals surface area contributed by atoms with Crippen LogP contribution in [0.4, 0.5) is 5.69 Å². The number of carbonyl (C=O) groups excluding carboxylic acids is 2. The van der Waals surface area contributed by atoms with Gasteiger partial charge in [-0.05, 0) is 36.8 Å². The number of methoxy groups -OCH3 is 1. The summed E-state index contributed by atoms with van der Waals surface area (Å²) in [5.41, 5.74) is 1.69. The Morgan fingerprint density at radius 2 is 1.79 bits per heavy atom. The third-order valence-corrected chi connectivity index (χ3v) is 5.23. The largest absolute Gasteiger partial charge is 0.497 e. The summed E-state index contributed by atoms with van der Waals surface area (Å²) in [6.45, 7) is 1.94. The number of rotatable bonds is 8. The van der Waals surface area contributed by atoms with Crippen LogP contribution in [0.3, 0.4) is 0 Å². The molecule has 3 aromatic rings. The van der Waals surface area contributed by atoms with Crippen LogP contribution in [0.15, 0.2) is 54.6 Å². The quantitative estimate of drug-likeness (QED) is 0.592. The molecule has 3 rings (SSSR count). The van der Waals surface area contributed by atoms with E-state index in [1.54, 1.807) is 31.4 Å². The van der Waals surface area contributed by atoms with Gasteiger partial charge in [0.25, 0.3) is 5.91 Å². The van der Waals surface area contributed by atoms with Crippen molar-refractivity contribution < 1.29 is 14.3 Å². The molecule has 150 valence electrons. The number of anilines is 1. The van der Waals surface area contributed by atoms with E-state index < -0.39 is 0 Å². The van der Waals surface area contributed by atoms with Gasteiger partial charge in [-0.2, -0.15) is 0 Å². The van der Waals surface area contributed by atoms with E-state index in [-0.39, 0.29) is 29.3 Å². The van der Waals surface area contributed by atoms with E-state index >= 15 is 0 Å². The summed E-state index contributed by atoms with van der Waals surface area (Å²) in [6.07, 6.45) is 0.715. The maximum Gasteiger partial charge on any atom is 0.286 e. The first-order chi connectivity index (χ1) is 14.0. The van der Waals surface area contributed by atoms with E-state index in [0.717, 1.165) is 5.56 Å². The number of aromatic nitrogens is 2. The second-order valence-electron chi connectivity index (χ2n) is 6.38. The number of ether oxygens (including phenoxy) is 1. The minimum absolute atomic E-state index is 0.0658. The topological polar surface area (TPSA) is 93.2 Å². The number of hydrogen-bond acceptors (Lipinski definition) is 6. The normalized spacial score (nSPS) is 11.5. The van der Waals surface area contributed by atoms with Crippen molar-refractivity contribution in [3.63, 3.8) is 0 Å². The lowest BCUT2D eigenvalue weighted by molar-refractivity contribution is -0.121. The van der Waals surface area contributed by atoms with Crippen LogP contribution in [0.5, 0.6) is 5.75 Å². The number of amides is 2. The summed E-state index contributed by atoms with van der Waals surface area (Å²) in [6, 6.07) is 16.7. The molecule has 8 heteroatoms. The van der Waals surface area contributed by atoms with E-state index in [1.165, 1.54) is 11.3 Å². The van der Waals surface area contributed by atoms with E-state index in [9.17, 15) is 9.59 Å². The van der Waals surface area contributed by atoms with E-state index in [1.807, 2.05) is 37.3 Å². The Kier molecular flexibility index (Phi) is 6.91. The predicted molar refractivity (Wildman–Crippen MR) is 112 cm³/mol. The molecule has 7 nitrogen and oxygen atoms in total. The summed E-state index contributed by atoms with van der Waals surface area (Å²) in [5, 5.41) is 14.6. The molecule has 0 saturated heterocycles. The van der Waals surface area contributed by atoms with E-state index in [4.69, 9.17) is 4.74 Å². The molecule has 0 radical (unpaired) electrons. The average Bonchev–Trinajstić information content (AvgIpc) is 3.23. The maximum atomic E-state index is 12.3. The van der Waals surface area contributed by atoms with E-state index in [0.29, 0.717) is 22.9 Å². The fourth-order valence-electron chi connectivity index (χ4n) is 2.66. The molecule has 0 aliphatic carbocycles. The highest BCUT2D eigenvalue weighted by Crippen LogP contribution is 2.18. The first kappa shape index (κ1) is 20.5. The van der Waals surface area contributed by atoms with Crippen molar-refractivity contribution in [3.05, 3.63) is 70.2 Å². The van der Waals surface area contributed by atoms with E-state index in [2.05, 4.69) is 20.8 Å². The van der Waals surface area contributed by atoms with Crippen LogP contribution in [0.25, 0.3) is 0 Å². The fraction of sp³-hybridized carbons (Fsp3) is 0.238. The van der Waals surface area contributed by atoms with Gasteiger partial charge in [-0.25, -0.2) is 0 Å². The summed E-state index contributed by atoms with van der Waals surface area (Å²) >= 11 is 1.19. The van der Waals surface area contributed by atoms with Gasteiger partial charge in [-0.3, -0.25) is 9.59 Å². The molecule has 0 aliphatic rings. The predicted octanol–water partition coefficient (Wildman–Crippen LogP) is 3.61. The second kappa shape index (κ2) is 9.79. The molecule has 1 atom stereocenters. The van der Waals surface area contributed by atoms with Crippen molar-refractivity contribution in [3.8, 4) is 5.75 Å². The molecule has 0 fully saturated rings. The van der Waals surface area contributed by atoms with Crippen molar-refractivity contribution in [1.29, 1.82) is 0 Å². The standard InChI is InChI=1S/C21H22N4O3S/c1-14(15-6-4-3-5-7-15)22-18(26)12-13-19-24-25-21(29-19)20(27)23-16-8-10-17(28-2)11-9-16/h3-11,14H,12-13H2,1-2H3,(H,22,26)(H,23,27)/t14-/m1/s1. The SMILES string of the molecule is COc1ccc(NC(=O)c2nnc(CCC(=O)N[C@H](C)c3ccccc3)s2)cc1. The molecule has 0 bridgehead atoms. The molecule has 0 saturated carbocycles. The number of hydrogen-bond donors (Lipinski definition) is 2. The Morgan fingerprint density at radius 1 is 1.07 bits per heavy atom. The highest BCUT2D eigenvalue weighted by Gasteiger charge is 2.15. The Balaban J connectivity index is 1.49. The number of aryl methyl sites for hydroxylation is 1. The molecule has 1 heterocycles. The Labute approximate surface area is 173 Å². The van der Waals surface area contributed by atoms with Crippen molar-refractivity contribution in [2.45, 2.75) is 25.8 Å². The summed E-state index contributed by atoms with van der Waals surface area (Å²) in [4.78, 5) is 24.5. The number of nitrogens with zero attached hydrogens (tertiary/aromatic N) is 2. The van der Waals surface area contributed by atoms with Gasteiger partial charge >= 0.3 is 0 Å². The first-order valence-corrected chi connectivity index (χ1v) is 9.99. The van der Waals surface area contributed by atoms with Crippen LogP contribution in [-0.2, 0) is 11.2 Å². The highest BCUT2D eigenvalue weighted by atomic mass is 32.1. The van der Waals surface area contributed by atoms with Crippen LogP contribution in [0.1, 0.15) is 39.8 Å². The maximum absolute atomic E-state index is 12.3. The molecule has 0 unspecified atom stereocenters. The molecule has 0 spiro atoms. The van der Waals surface area contributed by atoms with Crippen LogP contribution in [0.2, 0.25) is 0 Å². The van der Waals surface area contributed by atoms with Crippen molar-refractivity contribution in [1.82, 2.24) is 15.5 Å². The number of benzene rings is 2. The van der Waals surface area contributed by atoms with Gasteiger partial charge in [0, 0.05) is 18.5 Å². The summed E-state index contributed by atoms with van der Waals surface area (Å²) in [5.74, 6) is 0.308. The fourth-order valence-corrected chi connectivity index (χ4v) is 3.40. The zero-order valence-electron chi connectivity index (χ0n) is 16.2. The number of carbonyl (C=O) groups is 2. The van der Waals surface area contributed by atoms with Crippen LogP contribution in [0, 0.1) is 0 Å². The van der Waals surface area contributed by atoms with Crippen molar-refractivity contribution in [2.75, 3.05) is 12.4 Å². The summed E-state index contributed by atoms with van der Waals surface area (Å²) < 4.78 is 5.09. The highest BCUT2D eigenvalue weighted by molar-refractivity contribution is 7.13. The molecule has 0 aliphatic heterocycles. The van der Waals surface area contributed by atoms with Gasteiger partial charge in [0.05, 0.1) is 13.2 Å². The average molecular weight is 410 g/mol. The van der Waals surface area contributed by atoms with Gasteiger partial charge in [0.15, 0.2) is 0 Å². The van der Waals surface area contributed by atoms with Gasteiger partial charge in [0.1, 0.15) is 10.8 Å². The number of nitrogens with one attached hydrogen (secondary N) is 2. The van der Waals surface area contributed by atoms with Gasteiger partial charge in [0.2, 0.25) is 10.9 Å². The van der Waals surface area contributed by atoms with Crippen LogP contribution < -0.4 is 15.4 Å². The Bertz CT molecular complexity index is 958. The van der Waals surface area contributed by atoms with Gasteiger partial charge in [-0.1, -0.05) is 41.7 Å². The lowest BCUT2D eigenvalue weighted by Crippen LogP contribution is -2.26. The molecule has 2 N–H and O–H groups in total. The minimum atomic E-state index is -0.332. The lowest BCUT2D eigenvalue weighted by Gasteiger charge is -2.13. The smallest absolute Gasteiger partial charge is 0.286 e. The second-order valence-corrected chi connectivity index (χ2v) is 7.45. The Morgan fingerprint density at radius 3 is 2.48 bits per heavy atom. The third-order valence-electron chi connectivity index (χ3n) is 4.25. The first-order valence-electron chi connectivity index (χ1n) is 9.17. The molecule has 2 amide bonds. The lowest BCUT2D eigenvalue weighted by atomic mass is 10.1.